The zero-order valence-electron chi connectivity index (χ0n) is 6.75. The SMILES string of the molecule is Nc1c(CO)oc2ccc(F)cc12. The van der Waals surface area contributed by atoms with Gasteiger partial charge >= 0.3 is 0 Å². The number of hydrogen-bond donors (Lipinski definition) is 2. The van der Waals surface area contributed by atoms with E-state index in [2.05, 4.69) is 0 Å². The van der Waals surface area contributed by atoms with Crippen molar-refractivity contribution in [2.45, 2.75) is 6.61 Å². The minimum Gasteiger partial charge on any atom is -0.456 e. The average molecular weight is 181 g/mol. The molecule has 0 saturated carbocycles. The molecule has 3 nitrogen and oxygen atoms in total. The number of benzene rings is 1. The molecule has 1 aromatic heterocycles. The van der Waals surface area contributed by atoms with Crippen molar-refractivity contribution in [3.8, 4) is 0 Å². The number of aliphatic hydroxyl groups excluding tert-OH is 1. The lowest BCUT2D eigenvalue weighted by Gasteiger charge is -1.90. The Morgan fingerprint density at radius 3 is 2.92 bits per heavy atom. The Bertz CT molecular complexity index is 450. The van der Waals surface area contributed by atoms with E-state index in [9.17, 15) is 4.39 Å². The standard InChI is InChI=1S/C9H8FNO2/c10-5-1-2-7-6(3-5)9(11)8(4-12)13-7/h1-3,12H,4,11H2. The van der Waals surface area contributed by atoms with E-state index in [1.807, 2.05) is 0 Å². The largest absolute Gasteiger partial charge is 0.456 e. The summed E-state index contributed by atoms with van der Waals surface area (Å²) in [6.07, 6.45) is 0. The molecular formula is C9H8FNO2. The molecule has 0 aliphatic heterocycles. The number of fused-ring (bicyclic) bond motifs is 1. The number of rotatable bonds is 1. The highest BCUT2D eigenvalue weighted by molar-refractivity contribution is 5.90. The molecule has 0 saturated heterocycles. The normalized spacial score (nSPS) is 10.9. The molecule has 68 valence electrons. The maximum absolute atomic E-state index is 12.8. The highest BCUT2D eigenvalue weighted by Crippen LogP contribution is 2.28. The lowest BCUT2D eigenvalue weighted by molar-refractivity contribution is 0.252. The summed E-state index contributed by atoms with van der Waals surface area (Å²) < 4.78 is 17.9. The number of anilines is 1. The van der Waals surface area contributed by atoms with Gasteiger partial charge in [0.25, 0.3) is 0 Å². The molecular weight excluding hydrogens is 173 g/mol. The number of nitrogens with two attached hydrogens (primary N) is 1. The molecule has 2 rings (SSSR count). The van der Waals surface area contributed by atoms with Gasteiger partial charge in [0.15, 0.2) is 5.76 Å². The predicted molar refractivity (Wildman–Crippen MR) is 46.5 cm³/mol. The Morgan fingerprint density at radius 2 is 2.23 bits per heavy atom. The van der Waals surface area contributed by atoms with Gasteiger partial charge in [-0.15, -0.1) is 0 Å². The molecule has 4 heteroatoms. The van der Waals surface area contributed by atoms with Gasteiger partial charge in [-0.3, -0.25) is 0 Å². The van der Waals surface area contributed by atoms with Crippen LogP contribution in [0.25, 0.3) is 11.0 Å². The zero-order valence-corrected chi connectivity index (χ0v) is 6.75. The van der Waals surface area contributed by atoms with Crippen molar-refractivity contribution in [2.75, 3.05) is 5.73 Å². The molecule has 0 aliphatic rings. The van der Waals surface area contributed by atoms with E-state index in [0.717, 1.165) is 0 Å². The molecule has 0 aliphatic carbocycles. The van der Waals surface area contributed by atoms with E-state index in [4.69, 9.17) is 15.3 Å². The van der Waals surface area contributed by atoms with Gasteiger partial charge in [-0.1, -0.05) is 0 Å². The van der Waals surface area contributed by atoms with Crippen molar-refractivity contribution >= 4 is 16.7 Å². The second-order valence-electron chi connectivity index (χ2n) is 2.74. The van der Waals surface area contributed by atoms with Crippen molar-refractivity contribution in [2.24, 2.45) is 0 Å². The molecule has 1 heterocycles. The zero-order chi connectivity index (χ0) is 9.42. The summed E-state index contributed by atoms with van der Waals surface area (Å²) in [4.78, 5) is 0. The number of halogens is 1. The van der Waals surface area contributed by atoms with Crippen LogP contribution in [-0.2, 0) is 6.61 Å². The third kappa shape index (κ3) is 1.15. The van der Waals surface area contributed by atoms with Crippen LogP contribution in [0.3, 0.4) is 0 Å². The van der Waals surface area contributed by atoms with Gasteiger partial charge in [-0.05, 0) is 18.2 Å². The third-order valence-electron chi connectivity index (χ3n) is 1.91. The highest BCUT2D eigenvalue weighted by atomic mass is 19.1. The predicted octanol–water partition coefficient (Wildman–Crippen LogP) is 1.65. The fourth-order valence-electron chi connectivity index (χ4n) is 1.26. The van der Waals surface area contributed by atoms with E-state index >= 15 is 0 Å². The molecule has 0 spiro atoms. The van der Waals surface area contributed by atoms with Crippen molar-refractivity contribution < 1.29 is 13.9 Å². The van der Waals surface area contributed by atoms with Crippen LogP contribution in [0.4, 0.5) is 10.1 Å². The summed E-state index contributed by atoms with van der Waals surface area (Å²) in [5.74, 6) is -0.0925. The van der Waals surface area contributed by atoms with Gasteiger partial charge in [0, 0.05) is 5.39 Å². The minimum absolute atomic E-state index is 0.276. The van der Waals surface area contributed by atoms with E-state index < -0.39 is 0 Å². The molecule has 13 heavy (non-hydrogen) atoms. The maximum Gasteiger partial charge on any atom is 0.153 e. The van der Waals surface area contributed by atoms with Gasteiger partial charge in [0.2, 0.25) is 0 Å². The monoisotopic (exact) mass is 181 g/mol. The van der Waals surface area contributed by atoms with E-state index in [-0.39, 0.29) is 18.2 Å². The van der Waals surface area contributed by atoms with Crippen molar-refractivity contribution in [1.82, 2.24) is 0 Å². The Kier molecular flexibility index (Phi) is 1.70. The Labute approximate surface area is 73.6 Å². The first kappa shape index (κ1) is 8.07. The average Bonchev–Trinajstić information content (AvgIpc) is 2.44. The minimum atomic E-state index is -0.371. The maximum atomic E-state index is 12.8. The van der Waals surface area contributed by atoms with Crippen LogP contribution < -0.4 is 5.73 Å². The second-order valence-corrected chi connectivity index (χ2v) is 2.74. The van der Waals surface area contributed by atoms with Gasteiger partial charge in [0.05, 0.1) is 5.69 Å². The van der Waals surface area contributed by atoms with Crippen LogP contribution in [0.2, 0.25) is 0 Å². The first-order valence-electron chi connectivity index (χ1n) is 3.79. The third-order valence-corrected chi connectivity index (χ3v) is 1.91. The van der Waals surface area contributed by atoms with Gasteiger partial charge in [0.1, 0.15) is 18.0 Å². The highest BCUT2D eigenvalue weighted by Gasteiger charge is 2.10. The van der Waals surface area contributed by atoms with E-state index in [0.29, 0.717) is 16.7 Å². The van der Waals surface area contributed by atoms with Crippen LogP contribution in [0.15, 0.2) is 22.6 Å². The first-order valence-corrected chi connectivity index (χ1v) is 3.79. The summed E-state index contributed by atoms with van der Waals surface area (Å²) in [5, 5.41) is 9.33. The molecule has 0 radical (unpaired) electrons. The van der Waals surface area contributed by atoms with Crippen LogP contribution in [0, 0.1) is 5.82 Å². The lowest BCUT2D eigenvalue weighted by Crippen LogP contribution is -1.88. The lowest BCUT2D eigenvalue weighted by atomic mass is 10.2. The summed E-state index contributed by atoms with van der Waals surface area (Å²) in [6, 6.07) is 4.06. The topological polar surface area (TPSA) is 59.4 Å². The summed E-state index contributed by atoms with van der Waals surface area (Å²) in [6.45, 7) is -0.276. The number of hydrogen-bond acceptors (Lipinski definition) is 3. The van der Waals surface area contributed by atoms with Gasteiger partial charge in [-0.2, -0.15) is 0 Å². The van der Waals surface area contributed by atoms with Gasteiger partial charge < -0.3 is 15.3 Å². The van der Waals surface area contributed by atoms with Crippen LogP contribution in [0.1, 0.15) is 5.76 Å². The number of nitrogen functional groups attached to an aromatic ring is 1. The molecule has 0 bridgehead atoms. The van der Waals surface area contributed by atoms with Crippen molar-refractivity contribution in [3.05, 3.63) is 29.8 Å². The quantitative estimate of drug-likeness (QED) is 0.703. The molecule has 3 N–H and O–H groups in total. The second kappa shape index (κ2) is 2.74. The molecule has 1 aromatic carbocycles. The number of aliphatic hydroxyl groups is 1. The smallest absolute Gasteiger partial charge is 0.153 e. The molecule has 2 aromatic rings. The van der Waals surface area contributed by atoms with E-state index in [1.54, 1.807) is 0 Å². The van der Waals surface area contributed by atoms with Gasteiger partial charge in [-0.25, -0.2) is 4.39 Å². The van der Waals surface area contributed by atoms with Crippen LogP contribution >= 0.6 is 0 Å². The molecule has 0 fully saturated rings. The summed E-state index contributed by atoms with van der Waals surface area (Å²) in [5.41, 5.74) is 6.39. The Hall–Kier alpha value is -1.55. The van der Waals surface area contributed by atoms with Crippen molar-refractivity contribution in [3.63, 3.8) is 0 Å². The molecule has 0 unspecified atom stereocenters. The van der Waals surface area contributed by atoms with E-state index in [1.165, 1.54) is 18.2 Å². The molecule has 0 atom stereocenters. The fourth-order valence-corrected chi connectivity index (χ4v) is 1.26. The summed E-state index contributed by atoms with van der Waals surface area (Å²) >= 11 is 0. The number of furan rings is 1. The van der Waals surface area contributed by atoms with Crippen molar-refractivity contribution in [1.29, 1.82) is 0 Å². The Morgan fingerprint density at radius 1 is 1.46 bits per heavy atom. The molecule has 0 amide bonds. The van der Waals surface area contributed by atoms with Crippen LogP contribution in [-0.4, -0.2) is 5.11 Å². The first-order chi connectivity index (χ1) is 6.22. The Balaban J connectivity index is 2.77. The summed E-state index contributed by atoms with van der Waals surface area (Å²) in [7, 11) is 0. The fraction of sp³-hybridized carbons (Fsp3) is 0.111. The van der Waals surface area contributed by atoms with Crippen LogP contribution in [0.5, 0.6) is 0 Å².